The summed E-state index contributed by atoms with van der Waals surface area (Å²) in [4.78, 5) is 19.7. The Morgan fingerprint density at radius 1 is 1.27 bits per heavy atom. The molecular formula is C22H29N3O. The molecule has 1 aromatic carbocycles. The maximum Gasteiger partial charge on any atom is 0.223 e. The van der Waals surface area contributed by atoms with Crippen molar-refractivity contribution in [3.8, 4) is 0 Å². The first kappa shape index (κ1) is 18.6. The molecule has 1 amide bonds. The Morgan fingerprint density at radius 3 is 2.69 bits per heavy atom. The Hall–Kier alpha value is -2.20. The number of pyridine rings is 1. The van der Waals surface area contributed by atoms with E-state index in [1.807, 2.05) is 18.3 Å². The third-order valence-corrected chi connectivity index (χ3v) is 5.46. The minimum Gasteiger partial charge on any atom is -0.345 e. The number of aromatic nitrogens is 1. The van der Waals surface area contributed by atoms with Crippen LogP contribution in [-0.2, 0) is 4.79 Å². The van der Waals surface area contributed by atoms with Gasteiger partial charge in [0.05, 0.1) is 6.04 Å². The molecule has 3 rings (SSSR count). The van der Waals surface area contributed by atoms with Crippen molar-refractivity contribution in [1.82, 2.24) is 15.2 Å². The van der Waals surface area contributed by atoms with E-state index >= 15 is 0 Å². The highest BCUT2D eigenvalue weighted by molar-refractivity contribution is 5.79. The van der Waals surface area contributed by atoms with Gasteiger partial charge in [-0.3, -0.25) is 9.78 Å². The molecule has 4 nitrogen and oxygen atoms in total. The molecule has 1 N–H and O–H groups in total. The highest BCUT2D eigenvalue weighted by atomic mass is 16.1. The predicted molar refractivity (Wildman–Crippen MR) is 105 cm³/mol. The van der Waals surface area contributed by atoms with Crippen LogP contribution in [0.3, 0.4) is 0 Å². The normalized spacial score (nSPS) is 17.0. The van der Waals surface area contributed by atoms with Crippen molar-refractivity contribution in [2.45, 2.75) is 39.7 Å². The predicted octanol–water partition coefficient (Wildman–Crippen LogP) is 3.64. The average molecular weight is 351 g/mol. The van der Waals surface area contributed by atoms with Gasteiger partial charge in [-0.25, -0.2) is 0 Å². The minimum absolute atomic E-state index is 0.0992. The Bertz CT molecular complexity index is 736. The molecule has 1 aromatic heterocycles. The van der Waals surface area contributed by atoms with Crippen molar-refractivity contribution in [2.75, 3.05) is 19.6 Å². The molecule has 1 fully saturated rings. The van der Waals surface area contributed by atoms with Gasteiger partial charge in [0.15, 0.2) is 0 Å². The van der Waals surface area contributed by atoms with Crippen LogP contribution in [0.4, 0.5) is 0 Å². The van der Waals surface area contributed by atoms with E-state index in [1.165, 1.54) is 11.1 Å². The number of hydrogen-bond donors (Lipinski definition) is 1. The van der Waals surface area contributed by atoms with Crippen molar-refractivity contribution >= 4 is 5.91 Å². The molecule has 2 heterocycles. The second-order valence-corrected chi connectivity index (χ2v) is 7.30. The Kier molecular flexibility index (Phi) is 6.04. The van der Waals surface area contributed by atoms with Gasteiger partial charge < -0.3 is 10.2 Å². The number of carbonyl (C=O) groups excluding carboxylic acids is 1. The zero-order valence-electron chi connectivity index (χ0n) is 16.0. The molecule has 2 aromatic rings. The summed E-state index contributed by atoms with van der Waals surface area (Å²) in [6, 6.07) is 10.2. The summed E-state index contributed by atoms with van der Waals surface area (Å²) in [5.41, 5.74) is 4.56. The molecule has 1 unspecified atom stereocenters. The zero-order valence-corrected chi connectivity index (χ0v) is 16.0. The molecule has 0 spiro atoms. The van der Waals surface area contributed by atoms with Gasteiger partial charge in [0.1, 0.15) is 0 Å². The van der Waals surface area contributed by atoms with E-state index in [0.29, 0.717) is 0 Å². The summed E-state index contributed by atoms with van der Waals surface area (Å²) in [5, 5.41) is 3.32. The van der Waals surface area contributed by atoms with Gasteiger partial charge in [-0.2, -0.15) is 0 Å². The van der Waals surface area contributed by atoms with Gasteiger partial charge in [0.2, 0.25) is 5.91 Å². The molecule has 1 atom stereocenters. The van der Waals surface area contributed by atoms with Crippen LogP contribution >= 0.6 is 0 Å². The maximum atomic E-state index is 13.0. The van der Waals surface area contributed by atoms with E-state index in [-0.39, 0.29) is 17.9 Å². The molecule has 1 aliphatic heterocycles. The number of carbonyl (C=O) groups is 1. The van der Waals surface area contributed by atoms with Crippen LogP contribution in [-0.4, -0.2) is 35.4 Å². The molecule has 0 saturated carbocycles. The number of piperidine rings is 1. The fraction of sp³-hybridized carbons (Fsp3) is 0.455. The highest BCUT2D eigenvalue weighted by Gasteiger charge is 2.27. The van der Waals surface area contributed by atoms with E-state index < -0.39 is 0 Å². The van der Waals surface area contributed by atoms with Gasteiger partial charge in [-0.1, -0.05) is 36.8 Å². The van der Waals surface area contributed by atoms with Crippen LogP contribution in [0.1, 0.15) is 48.1 Å². The number of rotatable bonds is 5. The van der Waals surface area contributed by atoms with Crippen molar-refractivity contribution in [1.29, 1.82) is 0 Å². The van der Waals surface area contributed by atoms with Gasteiger partial charge >= 0.3 is 0 Å². The minimum atomic E-state index is -0.152. The fourth-order valence-electron chi connectivity index (χ4n) is 3.73. The lowest BCUT2D eigenvalue weighted by Gasteiger charge is -2.31. The van der Waals surface area contributed by atoms with Gasteiger partial charge in [0.25, 0.3) is 0 Å². The zero-order chi connectivity index (χ0) is 18.5. The number of likely N-dealkylation sites (tertiary alicyclic amines) is 1. The van der Waals surface area contributed by atoms with Crippen LogP contribution in [0.2, 0.25) is 0 Å². The SMILES string of the molecule is CCN1CCC(C(=O)NC(c2cccnc2)c2cc(C)ccc2C)CC1. The quantitative estimate of drug-likeness (QED) is 0.894. The van der Waals surface area contributed by atoms with Crippen molar-refractivity contribution in [2.24, 2.45) is 5.92 Å². The molecule has 1 saturated heterocycles. The largest absolute Gasteiger partial charge is 0.345 e. The van der Waals surface area contributed by atoms with Crippen LogP contribution in [0, 0.1) is 19.8 Å². The van der Waals surface area contributed by atoms with Crippen molar-refractivity contribution < 1.29 is 4.79 Å². The lowest BCUT2D eigenvalue weighted by molar-refractivity contribution is -0.126. The first-order valence-corrected chi connectivity index (χ1v) is 9.58. The van der Waals surface area contributed by atoms with Crippen LogP contribution in [0.5, 0.6) is 0 Å². The number of nitrogens with zero attached hydrogens (tertiary/aromatic N) is 2. The summed E-state index contributed by atoms with van der Waals surface area (Å²) in [5.74, 6) is 0.262. The van der Waals surface area contributed by atoms with Crippen LogP contribution in [0.25, 0.3) is 0 Å². The lowest BCUT2D eigenvalue weighted by Crippen LogP contribution is -2.41. The standard InChI is InChI=1S/C22H29N3O/c1-4-25-12-9-18(10-13-25)22(26)24-21(19-6-5-11-23-15-19)20-14-16(2)7-8-17(20)3/h5-8,11,14-15,18,21H,4,9-10,12-13H2,1-3H3,(H,24,26). The average Bonchev–Trinajstić information content (AvgIpc) is 2.68. The third-order valence-electron chi connectivity index (χ3n) is 5.46. The first-order chi connectivity index (χ1) is 12.6. The highest BCUT2D eigenvalue weighted by Crippen LogP contribution is 2.27. The summed E-state index contributed by atoms with van der Waals surface area (Å²) >= 11 is 0. The summed E-state index contributed by atoms with van der Waals surface area (Å²) < 4.78 is 0. The molecule has 0 radical (unpaired) electrons. The molecule has 0 bridgehead atoms. The number of nitrogens with one attached hydrogen (secondary N) is 1. The monoisotopic (exact) mass is 351 g/mol. The molecule has 1 aliphatic rings. The molecule has 4 heteroatoms. The van der Waals surface area contributed by atoms with Crippen LogP contribution in [0.15, 0.2) is 42.7 Å². The smallest absolute Gasteiger partial charge is 0.223 e. The second-order valence-electron chi connectivity index (χ2n) is 7.30. The van der Waals surface area contributed by atoms with E-state index in [4.69, 9.17) is 0 Å². The van der Waals surface area contributed by atoms with Gasteiger partial charge in [-0.05, 0) is 69.1 Å². The molecule has 0 aliphatic carbocycles. The lowest BCUT2D eigenvalue weighted by atomic mass is 9.91. The second kappa shape index (κ2) is 8.45. The number of aryl methyl sites for hydroxylation is 2. The summed E-state index contributed by atoms with van der Waals surface area (Å²) in [6.45, 7) is 9.45. The maximum absolute atomic E-state index is 13.0. The number of amides is 1. The topological polar surface area (TPSA) is 45.2 Å². The Balaban J connectivity index is 1.83. The molecule has 26 heavy (non-hydrogen) atoms. The fourth-order valence-corrected chi connectivity index (χ4v) is 3.73. The Morgan fingerprint density at radius 2 is 2.04 bits per heavy atom. The van der Waals surface area contributed by atoms with Crippen molar-refractivity contribution in [3.05, 3.63) is 65.0 Å². The first-order valence-electron chi connectivity index (χ1n) is 9.58. The van der Waals surface area contributed by atoms with Crippen LogP contribution < -0.4 is 5.32 Å². The Labute approximate surface area is 156 Å². The van der Waals surface area contributed by atoms with E-state index in [0.717, 1.165) is 43.6 Å². The van der Waals surface area contributed by atoms with E-state index in [9.17, 15) is 4.79 Å². The summed E-state index contributed by atoms with van der Waals surface area (Å²) in [6.07, 6.45) is 5.50. The molecule has 138 valence electrons. The van der Waals surface area contributed by atoms with Crippen molar-refractivity contribution in [3.63, 3.8) is 0 Å². The van der Waals surface area contributed by atoms with E-state index in [2.05, 4.69) is 54.2 Å². The number of hydrogen-bond acceptors (Lipinski definition) is 3. The molecular weight excluding hydrogens is 322 g/mol. The van der Waals surface area contributed by atoms with Gasteiger partial charge in [-0.15, -0.1) is 0 Å². The third kappa shape index (κ3) is 4.31. The van der Waals surface area contributed by atoms with Gasteiger partial charge in [0, 0.05) is 18.3 Å². The van der Waals surface area contributed by atoms with E-state index in [1.54, 1.807) is 6.20 Å². The summed E-state index contributed by atoms with van der Waals surface area (Å²) in [7, 11) is 0. The number of benzene rings is 1.